The molecule has 5 rings (SSSR count). The predicted molar refractivity (Wildman–Crippen MR) is 97.3 cm³/mol. The average molecular weight is 380 g/mol. The zero-order valence-corrected chi connectivity index (χ0v) is 14.9. The molecule has 134 valence electrons. The standard InChI is InChI=1S/C17H12N6O3S/c1-22-15(24)10-5-2-3-6-11(10)23-13(18-20-16(22)23)9-27-17-21-19-14(26-17)12-7-4-8-25-12/h2-8H,9H2,1H3. The van der Waals surface area contributed by atoms with Crippen LogP contribution >= 0.6 is 11.8 Å². The minimum absolute atomic E-state index is 0.107. The van der Waals surface area contributed by atoms with Crippen molar-refractivity contribution in [1.29, 1.82) is 0 Å². The van der Waals surface area contributed by atoms with Crippen LogP contribution in [-0.4, -0.2) is 29.4 Å². The molecule has 0 aliphatic rings. The molecular weight excluding hydrogens is 368 g/mol. The van der Waals surface area contributed by atoms with Gasteiger partial charge in [0.1, 0.15) is 5.82 Å². The Labute approximate surface area is 155 Å². The Morgan fingerprint density at radius 1 is 1.07 bits per heavy atom. The zero-order chi connectivity index (χ0) is 18.4. The molecule has 10 heteroatoms. The summed E-state index contributed by atoms with van der Waals surface area (Å²) in [5.74, 6) is 2.45. The van der Waals surface area contributed by atoms with Crippen molar-refractivity contribution in [2.24, 2.45) is 7.05 Å². The topological polar surface area (TPSA) is 104 Å². The van der Waals surface area contributed by atoms with Crippen LogP contribution in [0.3, 0.4) is 0 Å². The third kappa shape index (κ3) is 2.53. The van der Waals surface area contributed by atoms with E-state index in [1.165, 1.54) is 16.3 Å². The Morgan fingerprint density at radius 2 is 1.96 bits per heavy atom. The molecule has 0 spiro atoms. The van der Waals surface area contributed by atoms with Crippen LogP contribution in [0.25, 0.3) is 28.3 Å². The minimum atomic E-state index is -0.107. The number of para-hydroxylation sites is 1. The summed E-state index contributed by atoms with van der Waals surface area (Å²) >= 11 is 1.34. The van der Waals surface area contributed by atoms with Crippen LogP contribution in [0, 0.1) is 0 Å². The smallest absolute Gasteiger partial charge is 0.284 e. The van der Waals surface area contributed by atoms with Gasteiger partial charge in [0.05, 0.1) is 22.9 Å². The second kappa shape index (κ2) is 6.09. The summed E-state index contributed by atoms with van der Waals surface area (Å²) in [6, 6.07) is 10.9. The highest BCUT2D eigenvalue weighted by Gasteiger charge is 2.16. The van der Waals surface area contributed by atoms with E-state index >= 15 is 0 Å². The van der Waals surface area contributed by atoms with Gasteiger partial charge in [-0.2, -0.15) is 0 Å². The third-order valence-corrected chi connectivity index (χ3v) is 4.97. The third-order valence-electron chi connectivity index (χ3n) is 4.16. The van der Waals surface area contributed by atoms with Crippen molar-refractivity contribution < 1.29 is 8.83 Å². The van der Waals surface area contributed by atoms with E-state index in [1.807, 2.05) is 22.6 Å². The van der Waals surface area contributed by atoms with E-state index in [-0.39, 0.29) is 5.56 Å². The van der Waals surface area contributed by atoms with Gasteiger partial charge >= 0.3 is 0 Å². The lowest BCUT2D eigenvalue weighted by Gasteiger charge is -2.07. The Kier molecular flexibility index (Phi) is 3.57. The van der Waals surface area contributed by atoms with Crippen LogP contribution < -0.4 is 5.56 Å². The van der Waals surface area contributed by atoms with Crippen molar-refractivity contribution in [3.63, 3.8) is 0 Å². The molecule has 9 nitrogen and oxygen atoms in total. The van der Waals surface area contributed by atoms with Gasteiger partial charge in [-0.15, -0.1) is 20.4 Å². The molecule has 0 aliphatic carbocycles. The van der Waals surface area contributed by atoms with Gasteiger partial charge in [0.15, 0.2) is 5.76 Å². The summed E-state index contributed by atoms with van der Waals surface area (Å²) < 4.78 is 14.2. The van der Waals surface area contributed by atoms with Gasteiger partial charge in [-0.25, -0.2) is 0 Å². The molecule has 0 fully saturated rings. The highest BCUT2D eigenvalue weighted by molar-refractivity contribution is 7.98. The van der Waals surface area contributed by atoms with Crippen LogP contribution in [0.2, 0.25) is 0 Å². The molecule has 0 saturated heterocycles. The zero-order valence-electron chi connectivity index (χ0n) is 14.1. The fraction of sp³-hybridized carbons (Fsp3) is 0.118. The van der Waals surface area contributed by atoms with Crippen molar-refractivity contribution in [2.45, 2.75) is 11.0 Å². The van der Waals surface area contributed by atoms with Crippen LogP contribution in [-0.2, 0) is 12.8 Å². The molecule has 0 N–H and O–H groups in total. The van der Waals surface area contributed by atoms with Crippen molar-refractivity contribution in [2.75, 3.05) is 0 Å². The SMILES string of the molecule is Cn1c(=O)c2ccccc2n2c(CSc3nnc(-c4ccco4)o3)nnc12. The number of fused-ring (bicyclic) bond motifs is 3. The molecule has 0 radical (unpaired) electrons. The molecule has 1 aromatic carbocycles. The van der Waals surface area contributed by atoms with Crippen LogP contribution in [0.4, 0.5) is 0 Å². The maximum Gasteiger partial charge on any atom is 0.284 e. The fourth-order valence-electron chi connectivity index (χ4n) is 2.88. The number of benzene rings is 1. The number of thioether (sulfide) groups is 1. The molecule has 0 unspecified atom stereocenters. The van der Waals surface area contributed by atoms with Gasteiger partial charge in [-0.1, -0.05) is 23.9 Å². The Hall–Kier alpha value is -3.40. The van der Waals surface area contributed by atoms with E-state index in [4.69, 9.17) is 8.83 Å². The predicted octanol–water partition coefficient (Wildman–Crippen LogP) is 2.52. The van der Waals surface area contributed by atoms with Crippen molar-refractivity contribution in [3.05, 3.63) is 58.8 Å². The van der Waals surface area contributed by atoms with Crippen LogP contribution in [0.15, 0.2) is 61.5 Å². The lowest BCUT2D eigenvalue weighted by molar-refractivity contribution is 0.447. The van der Waals surface area contributed by atoms with Gasteiger partial charge < -0.3 is 8.83 Å². The van der Waals surface area contributed by atoms with Gasteiger partial charge in [-0.3, -0.25) is 13.8 Å². The summed E-state index contributed by atoms with van der Waals surface area (Å²) in [6.07, 6.45) is 1.55. The quantitative estimate of drug-likeness (QED) is 0.438. The summed E-state index contributed by atoms with van der Waals surface area (Å²) in [5.41, 5.74) is 0.655. The van der Waals surface area contributed by atoms with Crippen molar-refractivity contribution >= 4 is 28.4 Å². The molecule has 4 aromatic heterocycles. The first kappa shape index (κ1) is 15.8. The number of aryl methyl sites for hydroxylation is 1. The van der Waals surface area contributed by atoms with Gasteiger partial charge in [0.25, 0.3) is 16.7 Å². The number of hydrogen-bond acceptors (Lipinski definition) is 8. The molecule has 4 heterocycles. The van der Waals surface area contributed by atoms with E-state index < -0.39 is 0 Å². The van der Waals surface area contributed by atoms with Crippen LogP contribution in [0.1, 0.15) is 5.82 Å². The largest absolute Gasteiger partial charge is 0.459 e. The first-order valence-electron chi connectivity index (χ1n) is 8.04. The van der Waals surface area contributed by atoms with E-state index in [0.29, 0.717) is 39.6 Å². The van der Waals surface area contributed by atoms with Gasteiger partial charge in [-0.05, 0) is 24.3 Å². The Morgan fingerprint density at radius 3 is 2.81 bits per heavy atom. The highest BCUT2D eigenvalue weighted by Crippen LogP contribution is 2.26. The number of nitrogens with zero attached hydrogens (tertiary/aromatic N) is 6. The van der Waals surface area contributed by atoms with Crippen molar-refractivity contribution in [1.82, 2.24) is 29.4 Å². The van der Waals surface area contributed by atoms with E-state index in [9.17, 15) is 4.79 Å². The molecule has 0 amide bonds. The first-order valence-corrected chi connectivity index (χ1v) is 9.03. The summed E-state index contributed by atoms with van der Waals surface area (Å²) in [6.45, 7) is 0. The number of aromatic nitrogens is 6. The minimum Gasteiger partial charge on any atom is -0.459 e. The number of furan rings is 1. The normalized spacial score (nSPS) is 11.6. The first-order chi connectivity index (χ1) is 13.2. The van der Waals surface area contributed by atoms with E-state index in [2.05, 4.69) is 20.4 Å². The average Bonchev–Trinajstić information content (AvgIpc) is 3.44. The molecule has 27 heavy (non-hydrogen) atoms. The maximum atomic E-state index is 12.5. The summed E-state index contributed by atoms with van der Waals surface area (Å²) in [5, 5.41) is 17.4. The molecule has 0 saturated carbocycles. The Bertz CT molecular complexity index is 1320. The highest BCUT2D eigenvalue weighted by atomic mass is 32.2. The van der Waals surface area contributed by atoms with Gasteiger partial charge in [0.2, 0.25) is 5.78 Å². The summed E-state index contributed by atoms with van der Waals surface area (Å²) in [7, 11) is 1.68. The lowest BCUT2D eigenvalue weighted by atomic mass is 10.2. The molecule has 5 aromatic rings. The van der Waals surface area contributed by atoms with Crippen molar-refractivity contribution in [3.8, 4) is 11.7 Å². The van der Waals surface area contributed by atoms with E-state index in [0.717, 1.165) is 5.52 Å². The number of rotatable bonds is 4. The van der Waals surface area contributed by atoms with Crippen LogP contribution in [0.5, 0.6) is 0 Å². The molecular formula is C17H12N6O3S. The summed E-state index contributed by atoms with van der Waals surface area (Å²) in [4.78, 5) is 12.5. The fourth-order valence-corrected chi connectivity index (χ4v) is 3.56. The lowest BCUT2D eigenvalue weighted by Crippen LogP contribution is -2.20. The second-order valence-corrected chi connectivity index (χ2v) is 6.70. The number of hydrogen-bond donors (Lipinski definition) is 0. The Balaban J connectivity index is 1.52. The molecule has 0 bridgehead atoms. The van der Waals surface area contributed by atoms with E-state index in [1.54, 1.807) is 31.5 Å². The molecule has 0 atom stereocenters. The monoisotopic (exact) mass is 380 g/mol. The van der Waals surface area contributed by atoms with Gasteiger partial charge in [0, 0.05) is 7.05 Å². The maximum absolute atomic E-state index is 12.5. The second-order valence-electron chi connectivity index (χ2n) is 5.77. The molecule has 0 aliphatic heterocycles.